The van der Waals surface area contributed by atoms with Gasteiger partial charge in [-0.1, -0.05) is 0 Å². The number of esters is 1. The van der Waals surface area contributed by atoms with Gasteiger partial charge in [0.05, 0.1) is 26.0 Å². The Hall–Kier alpha value is -1.25. The van der Waals surface area contributed by atoms with E-state index in [1.165, 1.54) is 6.92 Å². The van der Waals surface area contributed by atoms with Crippen molar-refractivity contribution >= 4 is 48.7 Å². The number of phenolic OH excluding ortho intramolecular Hbond substituents is 1. The van der Waals surface area contributed by atoms with Crippen LogP contribution >= 0.6 is 31.9 Å². The van der Waals surface area contributed by atoms with Gasteiger partial charge in [0.2, 0.25) is 6.29 Å². The molecule has 8 heteroatoms. The van der Waals surface area contributed by atoms with Crippen LogP contribution in [-0.4, -0.2) is 34.6 Å². The van der Waals surface area contributed by atoms with Crippen LogP contribution in [0, 0.1) is 0 Å². The van der Waals surface area contributed by atoms with Gasteiger partial charge in [-0.2, -0.15) is 0 Å². The second-order valence-corrected chi connectivity index (χ2v) is 7.44. The summed E-state index contributed by atoms with van der Waals surface area (Å²) in [7, 11) is 0. The number of aromatic nitrogens is 1. The Kier molecular flexibility index (Phi) is 5.08. The second kappa shape index (κ2) is 6.93. The quantitative estimate of drug-likeness (QED) is 0.667. The van der Waals surface area contributed by atoms with Gasteiger partial charge in [0.1, 0.15) is 17.6 Å². The number of aromatic hydroxyl groups is 1. The summed E-state index contributed by atoms with van der Waals surface area (Å²) in [4.78, 5) is 14.3. The number of H-pyrrole nitrogens is 1. The molecule has 2 N–H and O–H groups in total. The molecule has 1 aromatic heterocycles. The summed E-state index contributed by atoms with van der Waals surface area (Å²) in [6, 6.07) is 1.77. The van der Waals surface area contributed by atoms with Crippen LogP contribution in [0.4, 0.5) is 0 Å². The van der Waals surface area contributed by atoms with Crippen molar-refractivity contribution in [3.63, 3.8) is 0 Å². The highest BCUT2D eigenvalue weighted by Gasteiger charge is 2.31. The van der Waals surface area contributed by atoms with E-state index >= 15 is 0 Å². The number of hydrogen-bond donors (Lipinski definition) is 2. The highest BCUT2D eigenvalue weighted by molar-refractivity contribution is 9.11. The van der Waals surface area contributed by atoms with E-state index in [-0.39, 0.29) is 23.9 Å². The molecule has 1 aliphatic heterocycles. The topological polar surface area (TPSA) is 80.8 Å². The van der Waals surface area contributed by atoms with Crippen molar-refractivity contribution in [2.24, 2.45) is 0 Å². The molecule has 0 aliphatic carbocycles. The van der Waals surface area contributed by atoms with Gasteiger partial charge in [-0.25, -0.2) is 0 Å². The number of carbonyl (C=O) groups is 1. The first kappa shape index (κ1) is 17.6. The number of ether oxygens (including phenoxy) is 3. The summed E-state index contributed by atoms with van der Waals surface area (Å²) in [5, 5.41) is 10.8. The van der Waals surface area contributed by atoms with Gasteiger partial charge in [0, 0.05) is 26.0 Å². The van der Waals surface area contributed by atoms with Crippen molar-refractivity contribution < 1.29 is 24.1 Å². The molecule has 2 aromatic rings. The molecule has 3 unspecified atom stereocenters. The van der Waals surface area contributed by atoms with E-state index in [1.807, 2.05) is 6.92 Å². The van der Waals surface area contributed by atoms with Crippen LogP contribution in [-0.2, 0) is 14.3 Å². The van der Waals surface area contributed by atoms with Gasteiger partial charge >= 0.3 is 5.97 Å². The highest BCUT2D eigenvalue weighted by Crippen LogP contribution is 2.43. The Balaban J connectivity index is 1.84. The largest absolute Gasteiger partial charge is 0.506 e. The summed E-state index contributed by atoms with van der Waals surface area (Å²) in [6.45, 7) is 3.31. The molecule has 0 spiro atoms. The molecule has 24 heavy (non-hydrogen) atoms. The highest BCUT2D eigenvalue weighted by atomic mass is 79.9. The number of fused-ring (bicyclic) bond motifs is 1. The number of halogens is 2. The lowest BCUT2D eigenvalue weighted by molar-refractivity contribution is -0.185. The van der Waals surface area contributed by atoms with Gasteiger partial charge in [-0.05, 0) is 44.8 Å². The summed E-state index contributed by atoms with van der Waals surface area (Å²) in [5.41, 5.74) is 0.807. The first-order valence-corrected chi connectivity index (χ1v) is 9.11. The fourth-order valence-electron chi connectivity index (χ4n) is 2.87. The summed E-state index contributed by atoms with van der Waals surface area (Å²) < 4.78 is 18.2. The molecule has 6 nitrogen and oxygen atoms in total. The van der Waals surface area contributed by atoms with Crippen molar-refractivity contribution in [1.29, 1.82) is 0 Å². The lowest BCUT2D eigenvalue weighted by Crippen LogP contribution is -2.39. The number of benzene rings is 1. The maximum atomic E-state index is 11.2. The van der Waals surface area contributed by atoms with Crippen LogP contribution in [0.1, 0.15) is 26.7 Å². The van der Waals surface area contributed by atoms with Gasteiger partial charge in [-0.3, -0.25) is 4.79 Å². The molecule has 0 bridgehead atoms. The third kappa shape index (κ3) is 3.55. The number of phenols is 1. The monoisotopic (exact) mass is 461 g/mol. The maximum Gasteiger partial charge on any atom is 0.302 e. The molecule has 1 aromatic carbocycles. The number of nitrogens with one attached hydrogen (secondary N) is 1. The minimum absolute atomic E-state index is 0.0794. The number of carbonyl (C=O) groups excluding carboxylic acids is 1. The van der Waals surface area contributed by atoms with E-state index in [9.17, 15) is 9.90 Å². The number of aromatic amines is 1. The van der Waals surface area contributed by atoms with Crippen LogP contribution < -0.4 is 4.74 Å². The fraction of sp³-hybridized carbons (Fsp3) is 0.438. The zero-order chi connectivity index (χ0) is 17.4. The molecule has 1 aliphatic rings. The minimum atomic E-state index is -0.533. The zero-order valence-corrected chi connectivity index (χ0v) is 16.3. The van der Waals surface area contributed by atoms with Crippen LogP contribution in [0.2, 0.25) is 0 Å². The molecular weight excluding hydrogens is 446 g/mol. The number of hydrogen-bond acceptors (Lipinski definition) is 5. The van der Waals surface area contributed by atoms with Crippen molar-refractivity contribution in [3.05, 3.63) is 21.2 Å². The number of rotatable bonds is 3. The SMILES string of the molecule is CC(=O)OC1CC(C)OC(Oc2c[nH]c3cc(Br)c(O)c(Br)c23)C1. The van der Waals surface area contributed by atoms with Gasteiger partial charge in [-0.15, -0.1) is 0 Å². The molecular formula is C16H17Br2NO5. The van der Waals surface area contributed by atoms with Gasteiger partial charge in [0.15, 0.2) is 0 Å². The second-order valence-electron chi connectivity index (χ2n) is 5.79. The minimum Gasteiger partial charge on any atom is -0.506 e. The average molecular weight is 463 g/mol. The molecule has 0 saturated carbocycles. The third-order valence-electron chi connectivity index (χ3n) is 3.82. The van der Waals surface area contributed by atoms with E-state index < -0.39 is 6.29 Å². The summed E-state index contributed by atoms with van der Waals surface area (Å²) in [6.07, 6.45) is 1.97. The van der Waals surface area contributed by atoms with E-state index in [0.29, 0.717) is 27.5 Å². The van der Waals surface area contributed by atoms with E-state index in [2.05, 4.69) is 36.8 Å². The van der Waals surface area contributed by atoms with Gasteiger partial charge < -0.3 is 24.3 Å². The Morgan fingerprint density at radius 3 is 2.88 bits per heavy atom. The smallest absolute Gasteiger partial charge is 0.302 e. The van der Waals surface area contributed by atoms with E-state index in [1.54, 1.807) is 12.3 Å². The first-order chi connectivity index (χ1) is 11.3. The van der Waals surface area contributed by atoms with E-state index in [0.717, 1.165) is 10.9 Å². The predicted octanol–water partition coefficient (Wildman–Crippen LogP) is 4.23. The van der Waals surface area contributed by atoms with Crippen LogP contribution in [0.15, 0.2) is 21.2 Å². The Morgan fingerprint density at radius 2 is 2.17 bits per heavy atom. The Morgan fingerprint density at radius 1 is 1.42 bits per heavy atom. The molecule has 130 valence electrons. The van der Waals surface area contributed by atoms with Crippen molar-refractivity contribution in [1.82, 2.24) is 4.98 Å². The van der Waals surface area contributed by atoms with Crippen LogP contribution in [0.5, 0.6) is 11.5 Å². The molecule has 0 radical (unpaired) electrons. The van der Waals surface area contributed by atoms with Crippen LogP contribution in [0.3, 0.4) is 0 Å². The van der Waals surface area contributed by atoms with Crippen molar-refractivity contribution in [2.75, 3.05) is 0 Å². The Bertz CT molecular complexity index is 775. The molecule has 0 amide bonds. The van der Waals surface area contributed by atoms with Gasteiger partial charge in [0.25, 0.3) is 0 Å². The normalized spacial score (nSPS) is 24.1. The van der Waals surface area contributed by atoms with Crippen molar-refractivity contribution in [3.8, 4) is 11.5 Å². The first-order valence-electron chi connectivity index (χ1n) is 7.52. The third-order valence-corrected chi connectivity index (χ3v) is 5.20. The summed E-state index contributed by atoms with van der Waals surface area (Å²) >= 11 is 6.69. The maximum absolute atomic E-state index is 11.2. The lowest BCUT2D eigenvalue weighted by atomic mass is 10.1. The Labute approximate surface area is 155 Å². The zero-order valence-electron chi connectivity index (χ0n) is 13.1. The lowest BCUT2D eigenvalue weighted by Gasteiger charge is -2.33. The van der Waals surface area contributed by atoms with Crippen LogP contribution in [0.25, 0.3) is 10.9 Å². The molecule has 1 saturated heterocycles. The van der Waals surface area contributed by atoms with Crippen molar-refractivity contribution in [2.45, 2.75) is 45.2 Å². The summed E-state index contributed by atoms with van der Waals surface area (Å²) in [5.74, 6) is 0.348. The van der Waals surface area contributed by atoms with E-state index in [4.69, 9.17) is 14.2 Å². The molecule has 2 heterocycles. The standard InChI is InChI=1S/C16H17Br2NO5/c1-7-3-9(23-8(2)20)4-13(22-7)24-12-6-19-11-5-10(17)16(21)15(18)14(11)12/h5-7,9,13,19,21H,3-4H2,1-2H3. The molecule has 3 atom stereocenters. The molecule has 1 fully saturated rings. The average Bonchev–Trinajstić information content (AvgIpc) is 2.86. The fourth-order valence-corrected chi connectivity index (χ4v) is 4.19. The molecule has 3 rings (SSSR count). The predicted molar refractivity (Wildman–Crippen MR) is 95.1 cm³/mol.